The van der Waals surface area contributed by atoms with Gasteiger partial charge in [-0.3, -0.25) is 24.9 Å². The third-order valence-corrected chi connectivity index (χ3v) is 18.1. The number of amides is 4. The number of rotatable bonds is 18. The number of piperazine rings is 1. The van der Waals surface area contributed by atoms with Crippen LogP contribution in [-0.4, -0.2) is 156 Å². The summed E-state index contributed by atoms with van der Waals surface area (Å²) in [5.74, 6) is 1.19. The molecule has 2 aromatic heterocycles. The Bertz CT molecular complexity index is 3190. The number of aliphatic hydroxyl groups excluding tert-OH is 1. The summed E-state index contributed by atoms with van der Waals surface area (Å²) in [6, 6.07) is 4.73. The molecule has 6 atom stereocenters. The van der Waals surface area contributed by atoms with Crippen LogP contribution >= 0.6 is 0 Å². The van der Waals surface area contributed by atoms with Gasteiger partial charge in [0.25, 0.3) is 5.91 Å². The molecular weight excluding hydrogens is 1130 g/mol. The van der Waals surface area contributed by atoms with Crippen LogP contribution in [0.3, 0.4) is 0 Å². The number of alkyl carbamates (subject to hydrolysis) is 2. The number of methoxy groups -OCH3 is 2. The van der Waals surface area contributed by atoms with Crippen LogP contribution in [0.15, 0.2) is 61.1 Å². The summed E-state index contributed by atoms with van der Waals surface area (Å²) in [5, 5.41) is 23.5. The average molecular weight is 1190 g/mol. The molecule has 29 heteroatoms. The van der Waals surface area contributed by atoms with E-state index < -0.39 is 151 Å². The fourth-order valence-electron chi connectivity index (χ4n) is 13.9. The summed E-state index contributed by atoms with van der Waals surface area (Å²) in [4.78, 5) is 68.2. The monoisotopic (exact) mass is 1190 g/mol. The van der Waals surface area contributed by atoms with Gasteiger partial charge >= 0.3 is 31.1 Å². The Kier molecular flexibility index (Phi) is 15.0. The van der Waals surface area contributed by atoms with Gasteiger partial charge in [-0.25, -0.2) is 33.0 Å². The van der Waals surface area contributed by atoms with Crippen LogP contribution < -0.4 is 31.3 Å². The molecule has 5 N–H and O–H groups in total. The van der Waals surface area contributed by atoms with Crippen molar-refractivity contribution in [3.8, 4) is 23.1 Å². The number of hydrogen-bond donors (Lipinski definition) is 5. The van der Waals surface area contributed by atoms with E-state index in [0.29, 0.717) is 57.9 Å². The number of nitrogens with zero attached hydrogens (tertiary/aromatic N) is 7. The Morgan fingerprint density at radius 2 is 1.29 bits per heavy atom. The highest BCUT2D eigenvalue weighted by molar-refractivity contribution is 5.89. The van der Waals surface area contributed by atoms with Crippen LogP contribution in [0.4, 0.5) is 65.1 Å². The summed E-state index contributed by atoms with van der Waals surface area (Å²) in [6.07, 6.45) is -11.5. The molecule has 9 fully saturated rings. The fraction of sp³-hybridized carbons (Fsp3) is 0.545. The Hall–Kier alpha value is -7.45. The molecule has 3 saturated heterocycles. The summed E-state index contributed by atoms with van der Waals surface area (Å²) >= 11 is 0. The van der Waals surface area contributed by atoms with E-state index in [9.17, 15) is 59.4 Å². The van der Waals surface area contributed by atoms with Crippen molar-refractivity contribution in [3.63, 3.8) is 0 Å². The Balaban J connectivity index is 0.874. The molecule has 3 unspecified atom stereocenters. The number of nitrogens with one attached hydrogen (secondary N) is 4. The lowest BCUT2D eigenvalue weighted by Crippen LogP contribution is -2.77. The molecule has 13 rings (SSSR count). The highest BCUT2D eigenvalue weighted by Gasteiger charge is 2.82. The van der Waals surface area contributed by atoms with Crippen molar-refractivity contribution in [2.45, 2.75) is 119 Å². The van der Waals surface area contributed by atoms with Crippen molar-refractivity contribution in [2.24, 2.45) is 21.7 Å². The van der Waals surface area contributed by atoms with Gasteiger partial charge in [-0.05, 0) is 93.7 Å². The number of carbonyl (C=O) groups is 4. The second-order valence-corrected chi connectivity index (χ2v) is 23.3. The molecule has 19 nitrogen and oxygen atoms in total. The number of ether oxygens (including phenoxy) is 3. The van der Waals surface area contributed by atoms with Crippen LogP contribution in [0.5, 0.6) is 0 Å². The molecule has 84 heavy (non-hydrogen) atoms. The molecule has 5 heterocycles. The van der Waals surface area contributed by atoms with Gasteiger partial charge < -0.3 is 40.2 Å². The van der Waals surface area contributed by atoms with E-state index in [-0.39, 0.29) is 22.4 Å². The number of anilines is 2. The molecule has 450 valence electrons. The van der Waals surface area contributed by atoms with Crippen molar-refractivity contribution in [1.82, 2.24) is 46.0 Å². The molecular formula is C55H57F10N11O8. The molecule has 4 aromatic rings. The van der Waals surface area contributed by atoms with E-state index in [1.165, 1.54) is 0 Å². The maximum atomic E-state index is 16.6. The van der Waals surface area contributed by atoms with Gasteiger partial charge in [0.15, 0.2) is 11.6 Å². The van der Waals surface area contributed by atoms with E-state index in [2.05, 4.69) is 62.8 Å². The Labute approximate surface area is 473 Å². The largest absolute Gasteiger partial charge is 0.453 e. The number of hydrogen-bond acceptors (Lipinski definition) is 14. The van der Waals surface area contributed by atoms with Crippen LogP contribution in [0, 0.1) is 45.1 Å². The van der Waals surface area contributed by atoms with Gasteiger partial charge in [0.05, 0.1) is 74.3 Å². The van der Waals surface area contributed by atoms with E-state index in [1.807, 2.05) is 0 Å². The molecule has 3 aliphatic heterocycles. The quantitative estimate of drug-likeness (QED) is 0.0420. The summed E-state index contributed by atoms with van der Waals surface area (Å²) < 4.78 is 160. The minimum atomic E-state index is -4.68. The number of hydrazine groups is 1. The van der Waals surface area contributed by atoms with Crippen LogP contribution in [0.25, 0.3) is 11.3 Å². The zero-order chi connectivity index (χ0) is 59.9. The Morgan fingerprint density at radius 3 is 1.76 bits per heavy atom. The smallest absolute Gasteiger partial charge is 0.407 e. The summed E-state index contributed by atoms with van der Waals surface area (Å²) in [7, 11) is 1.88. The van der Waals surface area contributed by atoms with Gasteiger partial charge in [-0.2, -0.15) is 40.2 Å². The van der Waals surface area contributed by atoms with Gasteiger partial charge in [-0.15, -0.1) is 0 Å². The van der Waals surface area contributed by atoms with E-state index in [0.717, 1.165) is 65.6 Å². The van der Waals surface area contributed by atoms with Crippen LogP contribution in [0.2, 0.25) is 0 Å². The minimum absolute atomic E-state index is 0.208. The molecule has 0 radical (unpaired) electrons. The second-order valence-electron chi connectivity index (χ2n) is 23.3. The Morgan fingerprint density at radius 1 is 0.762 bits per heavy atom. The van der Waals surface area contributed by atoms with Crippen LogP contribution in [0.1, 0.15) is 74.6 Å². The normalized spacial score (nSPS) is 27.1. The maximum Gasteiger partial charge on any atom is 0.407 e. The molecule has 6 bridgehead atoms. The third kappa shape index (κ3) is 10.5. The van der Waals surface area contributed by atoms with Crippen molar-refractivity contribution in [3.05, 3.63) is 89.4 Å². The van der Waals surface area contributed by atoms with E-state index >= 15 is 8.78 Å². The lowest BCUT2D eigenvalue weighted by molar-refractivity contribution is -0.366. The fourth-order valence-corrected chi connectivity index (χ4v) is 13.9. The highest BCUT2D eigenvalue weighted by atomic mass is 19.4. The zero-order valence-corrected chi connectivity index (χ0v) is 45.0. The summed E-state index contributed by atoms with van der Waals surface area (Å²) in [6.45, 7) is -1.17. The SMILES string of the molecule is COC(=O)NC(C(=O)N[C@@H](Cc1ccc(C#Cc2cnc(N3CC4CCC(C3)N4C3COC3)nc2)cc1)[C@@H](O)CN(NC(=O)[C@@H](NC(=O)OC)C12CC(C(F)(F)F)(C1)C2)c1c(F)cc(-c2ccn(C(F)F)n2)cc1F)C12CC(C(F)(F)F)(C1)C2. The van der Waals surface area contributed by atoms with Gasteiger partial charge in [0.1, 0.15) is 17.8 Å². The van der Waals surface area contributed by atoms with Crippen molar-refractivity contribution in [1.29, 1.82) is 0 Å². The summed E-state index contributed by atoms with van der Waals surface area (Å²) in [5.41, 5.74) is -5.48. The molecule has 9 aliphatic rings. The average Bonchev–Trinajstić information content (AvgIpc) is 0.761. The van der Waals surface area contributed by atoms with E-state index in [4.69, 9.17) is 9.47 Å². The topological polar surface area (TPSA) is 218 Å². The number of carbonyl (C=O) groups excluding carboxylic acids is 4. The lowest BCUT2D eigenvalue weighted by Gasteiger charge is -2.72. The second kappa shape index (κ2) is 21.6. The minimum Gasteiger partial charge on any atom is -0.453 e. The number of fused-ring (bicyclic) bond motifs is 2. The maximum absolute atomic E-state index is 16.6. The first kappa shape index (κ1) is 58.3. The van der Waals surface area contributed by atoms with E-state index in [1.54, 1.807) is 36.7 Å². The predicted octanol–water partition coefficient (Wildman–Crippen LogP) is 6.31. The number of halogens is 10. The number of aliphatic hydroxyl groups is 1. The standard InChI is InChI=1S/C55H57F10N11O8/c1-82-48(80)69-42(50-23-52(24-50,25-50)54(60,61)62)44(78)68-39(13-30-6-3-29(4-7-30)5-8-31-16-66-47(67-17-31)73-18-33-9-10-34(19-73)76(33)35-21-84-22-35)40(77)20-75(41-36(56)14-32(15-37(41)57)38-11-12-74(71-38)46(58)59)72-45(79)43(70-49(81)83-2)51-26-53(27-51,28-51)55(63,64)65/h3-4,6-7,11-12,14-17,33-35,39-40,42-43,46,77H,9-10,13,18-28H2,1-2H3,(H,68,78)(H,69,80)(H,70,81)(H,72,79)/t33?,34?,39-,40-,42?,43+,50?,51?,52?,53?/m0/s1. The molecule has 2 aromatic carbocycles. The lowest BCUT2D eigenvalue weighted by atomic mass is 9.32. The van der Waals surface area contributed by atoms with Gasteiger partial charge in [0, 0.05) is 65.7 Å². The molecule has 6 aliphatic carbocycles. The van der Waals surface area contributed by atoms with Gasteiger partial charge in [-0.1, -0.05) is 24.0 Å². The van der Waals surface area contributed by atoms with Gasteiger partial charge in [0.2, 0.25) is 11.9 Å². The highest BCUT2D eigenvalue weighted by Crippen LogP contribution is 2.80. The number of alkyl halides is 8. The molecule has 6 saturated carbocycles. The number of benzene rings is 2. The molecule has 4 amide bonds. The third-order valence-electron chi connectivity index (χ3n) is 18.1. The first-order valence-corrected chi connectivity index (χ1v) is 27.0. The zero-order valence-electron chi connectivity index (χ0n) is 45.0. The van der Waals surface area contributed by atoms with Crippen molar-refractivity contribution < 1.29 is 82.4 Å². The predicted molar refractivity (Wildman–Crippen MR) is 274 cm³/mol. The van der Waals surface area contributed by atoms with Crippen molar-refractivity contribution in [2.75, 3.05) is 57.0 Å². The van der Waals surface area contributed by atoms with Crippen LogP contribution in [-0.2, 0) is 30.2 Å². The number of aromatic nitrogens is 4. The first-order chi connectivity index (χ1) is 39.8. The molecule has 0 spiro atoms. The van der Waals surface area contributed by atoms with Crippen molar-refractivity contribution >= 4 is 35.6 Å². The first-order valence-electron chi connectivity index (χ1n) is 27.0.